The highest BCUT2D eigenvalue weighted by molar-refractivity contribution is 7.91. The lowest BCUT2D eigenvalue weighted by Gasteiger charge is -2.35. The summed E-state index contributed by atoms with van der Waals surface area (Å²) >= 11 is 0. The Morgan fingerprint density at radius 3 is 2.05 bits per heavy atom. The number of ether oxygens (including phenoxy) is 3. The fourth-order valence-electron chi connectivity index (χ4n) is 5.81. The first-order valence-electron chi connectivity index (χ1n) is 15.2. The third-order valence-electron chi connectivity index (χ3n) is 7.97. The number of hydrogen-bond acceptors (Lipinski definition) is 6. The van der Waals surface area contributed by atoms with Gasteiger partial charge in [-0.25, -0.2) is 8.42 Å². The number of benzene rings is 2. The summed E-state index contributed by atoms with van der Waals surface area (Å²) in [5.41, 5.74) is 2.85. The molecule has 0 saturated heterocycles. The molecule has 1 aliphatic rings. The molecule has 6 nitrogen and oxygen atoms in total. The highest BCUT2D eigenvalue weighted by Crippen LogP contribution is 2.50. The molecule has 2 aromatic carbocycles. The van der Waals surface area contributed by atoms with E-state index in [1.165, 1.54) is 0 Å². The zero-order valence-corrected chi connectivity index (χ0v) is 26.2. The molecule has 0 amide bonds. The van der Waals surface area contributed by atoms with E-state index >= 15 is 0 Å². The molecule has 224 valence electrons. The first-order chi connectivity index (χ1) is 19.2. The Bertz CT molecular complexity index is 1120. The number of unbranched alkanes of at least 4 members (excludes halogenated alkanes) is 2. The van der Waals surface area contributed by atoms with Gasteiger partial charge in [-0.3, -0.25) is 0 Å². The van der Waals surface area contributed by atoms with Crippen LogP contribution in [0.5, 0.6) is 5.75 Å². The lowest BCUT2D eigenvalue weighted by Crippen LogP contribution is -2.30. The quantitative estimate of drug-likeness (QED) is 0.186. The van der Waals surface area contributed by atoms with Gasteiger partial charge in [0.1, 0.15) is 12.4 Å². The number of sulfone groups is 1. The summed E-state index contributed by atoms with van der Waals surface area (Å²) in [4.78, 5) is 2.55. The summed E-state index contributed by atoms with van der Waals surface area (Å²) in [5, 5.41) is 0. The summed E-state index contributed by atoms with van der Waals surface area (Å²) < 4.78 is 44.8. The average Bonchev–Trinajstić information content (AvgIpc) is 3.04. The van der Waals surface area contributed by atoms with Crippen LogP contribution < -0.4 is 9.64 Å². The molecule has 0 saturated carbocycles. The van der Waals surface area contributed by atoms with Crippen molar-refractivity contribution in [3.8, 4) is 5.75 Å². The fourth-order valence-corrected chi connectivity index (χ4v) is 8.01. The zero-order valence-electron chi connectivity index (χ0n) is 25.4. The van der Waals surface area contributed by atoms with Crippen molar-refractivity contribution in [3.63, 3.8) is 0 Å². The number of rotatable bonds is 17. The van der Waals surface area contributed by atoms with Gasteiger partial charge in [0.25, 0.3) is 0 Å². The third kappa shape index (κ3) is 8.95. The Hall–Kier alpha value is -2.09. The van der Waals surface area contributed by atoms with Crippen molar-refractivity contribution in [1.29, 1.82) is 0 Å². The predicted octanol–water partition coefficient (Wildman–Crippen LogP) is 7.25. The molecule has 0 radical (unpaired) electrons. The SMILES string of the molecule is CCCCC1(CCCC)CC(c2ccc(OCCOCCOCCC)cc2)c2cc(N(C)C)ccc2S(=O)(=O)C1. The van der Waals surface area contributed by atoms with E-state index in [1.807, 2.05) is 43.3 Å². The molecule has 0 fully saturated rings. The molecule has 0 bridgehead atoms. The van der Waals surface area contributed by atoms with Crippen LogP contribution >= 0.6 is 0 Å². The minimum absolute atomic E-state index is 0.00129. The maximum absolute atomic E-state index is 13.9. The number of anilines is 1. The second kappa shape index (κ2) is 15.8. The average molecular weight is 574 g/mol. The Kier molecular flexibility index (Phi) is 12.8. The first kappa shape index (κ1) is 32.4. The lowest BCUT2D eigenvalue weighted by atomic mass is 9.70. The van der Waals surface area contributed by atoms with E-state index in [0.717, 1.165) is 80.5 Å². The molecule has 1 unspecified atom stereocenters. The Morgan fingerprint density at radius 2 is 1.45 bits per heavy atom. The van der Waals surface area contributed by atoms with Crippen molar-refractivity contribution in [2.75, 3.05) is 57.8 Å². The highest BCUT2D eigenvalue weighted by Gasteiger charge is 2.43. The van der Waals surface area contributed by atoms with E-state index < -0.39 is 9.84 Å². The molecular formula is C33H51NO5S. The highest BCUT2D eigenvalue weighted by atomic mass is 32.2. The monoisotopic (exact) mass is 573 g/mol. The molecule has 2 aromatic rings. The van der Waals surface area contributed by atoms with Crippen molar-refractivity contribution in [3.05, 3.63) is 53.6 Å². The summed E-state index contributed by atoms with van der Waals surface area (Å²) in [6, 6.07) is 14.1. The number of nitrogens with zero attached hydrogens (tertiary/aromatic N) is 1. The molecule has 1 atom stereocenters. The molecule has 7 heteroatoms. The van der Waals surface area contributed by atoms with Crippen LogP contribution in [0.4, 0.5) is 5.69 Å². The van der Waals surface area contributed by atoms with Crippen LogP contribution in [-0.4, -0.2) is 61.3 Å². The standard InChI is InChI=1S/C33H51NO5S/c1-6-9-17-33(18-10-7-2)25-31(30-24-28(34(4)5)13-16-32(30)40(35,36)26-33)27-11-14-29(15-12-27)39-23-22-38-21-20-37-19-8-3/h11-16,24,31H,6-10,17-23,25-26H2,1-5H3. The topological polar surface area (TPSA) is 65.1 Å². The van der Waals surface area contributed by atoms with Crippen LogP contribution in [0.25, 0.3) is 0 Å². The van der Waals surface area contributed by atoms with Crippen LogP contribution in [0.1, 0.15) is 89.2 Å². The second-order valence-electron chi connectivity index (χ2n) is 11.5. The number of hydrogen-bond donors (Lipinski definition) is 0. The Morgan fingerprint density at radius 1 is 0.825 bits per heavy atom. The molecule has 0 aliphatic carbocycles. The number of fused-ring (bicyclic) bond motifs is 1. The van der Waals surface area contributed by atoms with E-state index in [9.17, 15) is 8.42 Å². The van der Waals surface area contributed by atoms with E-state index in [-0.39, 0.29) is 17.1 Å². The molecule has 40 heavy (non-hydrogen) atoms. The minimum atomic E-state index is -3.43. The summed E-state index contributed by atoms with van der Waals surface area (Å²) in [6.45, 7) is 9.40. The van der Waals surface area contributed by atoms with Gasteiger partial charge < -0.3 is 19.1 Å². The fraction of sp³-hybridized carbons (Fsp3) is 0.636. The van der Waals surface area contributed by atoms with Crippen LogP contribution in [-0.2, 0) is 19.3 Å². The molecular weight excluding hydrogens is 522 g/mol. The minimum Gasteiger partial charge on any atom is -0.491 e. The van der Waals surface area contributed by atoms with Crippen LogP contribution in [0, 0.1) is 5.41 Å². The molecule has 1 heterocycles. The largest absolute Gasteiger partial charge is 0.491 e. The molecule has 0 N–H and O–H groups in total. The van der Waals surface area contributed by atoms with Crippen molar-refractivity contribution < 1.29 is 22.6 Å². The third-order valence-corrected chi connectivity index (χ3v) is 10.0. The van der Waals surface area contributed by atoms with Crippen molar-refractivity contribution in [1.82, 2.24) is 0 Å². The van der Waals surface area contributed by atoms with Gasteiger partial charge in [-0.05, 0) is 72.6 Å². The molecule has 3 rings (SSSR count). The van der Waals surface area contributed by atoms with E-state index in [2.05, 4.69) is 39.0 Å². The van der Waals surface area contributed by atoms with Gasteiger partial charge in [0.05, 0.1) is 30.5 Å². The molecule has 0 spiro atoms. The van der Waals surface area contributed by atoms with Gasteiger partial charge in [0.15, 0.2) is 9.84 Å². The van der Waals surface area contributed by atoms with Crippen molar-refractivity contribution >= 4 is 15.5 Å². The van der Waals surface area contributed by atoms with Gasteiger partial charge in [-0.1, -0.05) is 58.6 Å². The van der Waals surface area contributed by atoms with Gasteiger partial charge >= 0.3 is 0 Å². The van der Waals surface area contributed by atoms with Gasteiger partial charge in [-0.15, -0.1) is 0 Å². The van der Waals surface area contributed by atoms with E-state index in [1.54, 1.807) is 0 Å². The van der Waals surface area contributed by atoms with Gasteiger partial charge in [0, 0.05) is 32.3 Å². The van der Waals surface area contributed by atoms with Gasteiger partial charge in [0.2, 0.25) is 0 Å². The maximum atomic E-state index is 13.9. The Labute approximate surface area is 243 Å². The Balaban J connectivity index is 1.88. The maximum Gasteiger partial charge on any atom is 0.179 e. The summed E-state index contributed by atoms with van der Waals surface area (Å²) in [6.07, 6.45) is 7.96. The molecule has 0 aromatic heterocycles. The smallest absolute Gasteiger partial charge is 0.179 e. The summed E-state index contributed by atoms with van der Waals surface area (Å²) in [7, 11) is 0.576. The molecule has 1 aliphatic heterocycles. The summed E-state index contributed by atoms with van der Waals surface area (Å²) in [5.74, 6) is 1.03. The lowest BCUT2D eigenvalue weighted by molar-refractivity contribution is 0.0366. The van der Waals surface area contributed by atoms with Crippen molar-refractivity contribution in [2.45, 2.75) is 83.0 Å². The second-order valence-corrected chi connectivity index (χ2v) is 13.4. The zero-order chi connectivity index (χ0) is 29.0. The van der Waals surface area contributed by atoms with Crippen LogP contribution in [0.2, 0.25) is 0 Å². The van der Waals surface area contributed by atoms with Crippen molar-refractivity contribution in [2.24, 2.45) is 5.41 Å². The predicted molar refractivity (Wildman–Crippen MR) is 165 cm³/mol. The van der Waals surface area contributed by atoms with E-state index in [0.29, 0.717) is 31.3 Å². The van der Waals surface area contributed by atoms with Gasteiger partial charge in [-0.2, -0.15) is 0 Å². The van der Waals surface area contributed by atoms with E-state index in [4.69, 9.17) is 14.2 Å². The normalized spacial score (nSPS) is 17.7. The van der Waals surface area contributed by atoms with Crippen LogP contribution in [0.15, 0.2) is 47.4 Å². The first-order valence-corrected chi connectivity index (χ1v) is 16.8. The van der Waals surface area contributed by atoms with Crippen LogP contribution in [0.3, 0.4) is 0 Å².